The first-order valence-corrected chi connectivity index (χ1v) is 8.36. The first-order valence-electron chi connectivity index (χ1n) is 6.76. The van der Waals surface area contributed by atoms with Gasteiger partial charge in [0.25, 0.3) is 0 Å². The van der Waals surface area contributed by atoms with Crippen molar-refractivity contribution in [2.24, 2.45) is 0 Å². The zero-order chi connectivity index (χ0) is 15.3. The van der Waals surface area contributed by atoms with E-state index in [1.54, 1.807) is 6.92 Å². The number of rotatable bonds is 7. The number of aliphatic carboxylic acids is 1. The van der Waals surface area contributed by atoms with E-state index in [-0.39, 0.29) is 24.6 Å². The van der Waals surface area contributed by atoms with Gasteiger partial charge in [-0.05, 0) is 19.3 Å². The van der Waals surface area contributed by atoms with Gasteiger partial charge >= 0.3 is 5.97 Å². The zero-order valence-corrected chi connectivity index (χ0v) is 12.7. The molecule has 1 fully saturated rings. The summed E-state index contributed by atoms with van der Waals surface area (Å²) in [4.78, 5) is 24.1. The summed E-state index contributed by atoms with van der Waals surface area (Å²) in [7, 11) is -1.89. The molecular formula is C12H22N2O5S. The zero-order valence-electron chi connectivity index (χ0n) is 11.9. The van der Waals surface area contributed by atoms with Crippen LogP contribution < -0.4 is 0 Å². The first-order chi connectivity index (χ1) is 9.29. The lowest BCUT2D eigenvalue weighted by Crippen LogP contribution is -2.47. The maximum Gasteiger partial charge on any atom is 0.305 e. The maximum atomic E-state index is 12.2. The molecule has 0 saturated carbocycles. The second-order valence-electron chi connectivity index (χ2n) is 4.99. The van der Waals surface area contributed by atoms with Crippen molar-refractivity contribution in [3.05, 3.63) is 0 Å². The van der Waals surface area contributed by atoms with Gasteiger partial charge in [0.05, 0.1) is 12.2 Å². The Balaban J connectivity index is 2.73. The second kappa shape index (κ2) is 7.03. The van der Waals surface area contributed by atoms with Crippen molar-refractivity contribution in [2.45, 2.75) is 38.6 Å². The third-order valence-corrected chi connectivity index (χ3v) is 5.42. The molecule has 1 aliphatic heterocycles. The predicted molar refractivity (Wildman–Crippen MR) is 73.7 cm³/mol. The quantitative estimate of drug-likeness (QED) is 0.721. The van der Waals surface area contributed by atoms with Crippen LogP contribution in [0, 0.1) is 0 Å². The molecule has 1 aliphatic rings. The molecule has 1 amide bonds. The molecule has 1 atom stereocenters. The normalized spacial score (nSPS) is 20.0. The van der Waals surface area contributed by atoms with Crippen molar-refractivity contribution < 1.29 is 23.1 Å². The Labute approximate surface area is 119 Å². The van der Waals surface area contributed by atoms with Crippen molar-refractivity contribution in [1.29, 1.82) is 0 Å². The van der Waals surface area contributed by atoms with Gasteiger partial charge in [0.2, 0.25) is 15.9 Å². The Kier molecular flexibility index (Phi) is 5.94. The van der Waals surface area contributed by atoms with E-state index in [2.05, 4.69) is 0 Å². The van der Waals surface area contributed by atoms with Crippen LogP contribution in [0.1, 0.15) is 32.6 Å². The molecule has 0 aromatic heterocycles. The lowest BCUT2D eigenvalue weighted by molar-refractivity contribution is -0.138. The number of sulfonamides is 1. The van der Waals surface area contributed by atoms with Crippen LogP contribution in [0.3, 0.4) is 0 Å². The maximum absolute atomic E-state index is 12.2. The molecule has 1 unspecified atom stereocenters. The van der Waals surface area contributed by atoms with Crippen LogP contribution >= 0.6 is 0 Å². The van der Waals surface area contributed by atoms with Crippen molar-refractivity contribution >= 4 is 21.9 Å². The van der Waals surface area contributed by atoms with E-state index in [0.29, 0.717) is 25.8 Å². The number of carbonyl (C=O) groups excluding carboxylic acids is 1. The molecule has 1 N–H and O–H groups in total. The van der Waals surface area contributed by atoms with Crippen LogP contribution in [0.15, 0.2) is 0 Å². The summed E-state index contributed by atoms with van der Waals surface area (Å²) in [6.45, 7) is 2.24. The van der Waals surface area contributed by atoms with Crippen LogP contribution in [0.5, 0.6) is 0 Å². The first kappa shape index (κ1) is 16.9. The fourth-order valence-corrected chi connectivity index (χ4v) is 4.06. The van der Waals surface area contributed by atoms with Gasteiger partial charge in [-0.2, -0.15) is 4.31 Å². The Morgan fingerprint density at radius 1 is 1.40 bits per heavy atom. The SMILES string of the molecule is CCCS(=O)(=O)N1CCCC1C(=O)N(C)CCC(=O)O. The number of likely N-dealkylation sites (N-methyl/N-ethyl adjacent to an activating group) is 1. The van der Waals surface area contributed by atoms with Gasteiger partial charge in [-0.3, -0.25) is 9.59 Å². The van der Waals surface area contributed by atoms with Crippen LogP contribution in [0.2, 0.25) is 0 Å². The molecule has 0 aliphatic carbocycles. The van der Waals surface area contributed by atoms with Crippen molar-refractivity contribution in [2.75, 3.05) is 25.9 Å². The second-order valence-corrected chi connectivity index (χ2v) is 7.03. The van der Waals surface area contributed by atoms with E-state index in [9.17, 15) is 18.0 Å². The van der Waals surface area contributed by atoms with E-state index in [0.717, 1.165) is 0 Å². The minimum atomic E-state index is -3.40. The van der Waals surface area contributed by atoms with Crippen molar-refractivity contribution in [3.63, 3.8) is 0 Å². The van der Waals surface area contributed by atoms with Crippen molar-refractivity contribution in [3.8, 4) is 0 Å². The number of hydrogen-bond donors (Lipinski definition) is 1. The topological polar surface area (TPSA) is 95.0 Å². The third-order valence-electron chi connectivity index (χ3n) is 3.35. The summed E-state index contributed by atoms with van der Waals surface area (Å²) < 4.78 is 25.5. The minimum Gasteiger partial charge on any atom is -0.481 e. The molecule has 0 aromatic carbocycles. The largest absolute Gasteiger partial charge is 0.481 e. The highest BCUT2D eigenvalue weighted by atomic mass is 32.2. The number of hydrogen-bond acceptors (Lipinski definition) is 4. The molecular weight excluding hydrogens is 284 g/mol. The number of carboxylic acids is 1. The molecule has 8 heteroatoms. The van der Waals surface area contributed by atoms with Gasteiger partial charge in [0, 0.05) is 20.1 Å². The summed E-state index contributed by atoms with van der Waals surface area (Å²) in [6, 6.07) is -0.676. The highest BCUT2D eigenvalue weighted by Gasteiger charge is 2.39. The molecule has 116 valence electrons. The fraction of sp³-hybridized carbons (Fsp3) is 0.833. The van der Waals surface area contributed by atoms with E-state index in [1.165, 1.54) is 16.3 Å². The van der Waals surface area contributed by atoms with Crippen molar-refractivity contribution in [1.82, 2.24) is 9.21 Å². The summed E-state index contributed by atoms with van der Waals surface area (Å²) in [5, 5.41) is 8.62. The summed E-state index contributed by atoms with van der Waals surface area (Å²) >= 11 is 0. The summed E-state index contributed by atoms with van der Waals surface area (Å²) in [6.07, 6.45) is 1.52. The van der Waals surface area contributed by atoms with Gasteiger partial charge in [0.15, 0.2) is 0 Å². The van der Waals surface area contributed by atoms with Gasteiger partial charge < -0.3 is 10.0 Å². The lowest BCUT2D eigenvalue weighted by atomic mass is 10.2. The Hall–Kier alpha value is -1.15. The van der Waals surface area contributed by atoms with E-state index >= 15 is 0 Å². The highest BCUT2D eigenvalue weighted by Crippen LogP contribution is 2.23. The monoisotopic (exact) mass is 306 g/mol. The standard InChI is InChI=1S/C12H22N2O5S/c1-3-9-20(18,19)14-7-4-5-10(14)12(17)13(2)8-6-11(15)16/h10H,3-9H2,1-2H3,(H,15,16). The third kappa shape index (κ3) is 4.17. The Morgan fingerprint density at radius 3 is 2.60 bits per heavy atom. The van der Waals surface area contributed by atoms with Crippen LogP contribution in [-0.4, -0.2) is 66.5 Å². The van der Waals surface area contributed by atoms with Crippen LogP contribution in [0.4, 0.5) is 0 Å². The number of nitrogens with zero attached hydrogens (tertiary/aromatic N) is 2. The van der Waals surface area contributed by atoms with Crippen LogP contribution in [-0.2, 0) is 19.6 Å². The molecule has 7 nitrogen and oxygen atoms in total. The van der Waals surface area contributed by atoms with E-state index < -0.39 is 22.0 Å². The number of carbonyl (C=O) groups is 2. The number of amides is 1. The van der Waals surface area contributed by atoms with E-state index in [1.807, 2.05) is 0 Å². The van der Waals surface area contributed by atoms with Crippen LogP contribution in [0.25, 0.3) is 0 Å². The Bertz CT molecular complexity index is 462. The average Bonchev–Trinajstić information content (AvgIpc) is 2.84. The summed E-state index contributed by atoms with van der Waals surface area (Å²) in [5.41, 5.74) is 0. The Morgan fingerprint density at radius 2 is 2.05 bits per heavy atom. The molecule has 0 bridgehead atoms. The average molecular weight is 306 g/mol. The highest BCUT2D eigenvalue weighted by molar-refractivity contribution is 7.89. The molecule has 0 aromatic rings. The fourth-order valence-electron chi connectivity index (χ4n) is 2.32. The molecule has 0 radical (unpaired) electrons. The smallest absolute Gasteiger partial charge is 0.305 e. The minimum absolute atomic E-state index is 0.0373. The predicted octanol–water partition coefficient (Wildman–Crippen LogP) is 0.124. The van der Waals surface area contributed by atoms with Gasteiger partial charge in [-0.1, -0.05) is 6.92 Å². The molecule has 0 spiro atoms. The molecule has 1 saturated heterocycles. The van der Waals surface area contributed by atoms with Gasteiger partial charge in [0.1, 0.15) is 6.04 Å². The van der Waals surface area contributed by atoms with Gasteiger partial charge in [-0.25, -0.2) is 8.42 Å². The van der Waals surface area contributed by atoms with Gasteiger partial charge in [-0.15, -0.1) is 0 Å². The molecule has 1 heterocycles. The molecule has 1 rings (SSSR count). The number of carboxylic acid groups (broad SMARTS) is 1. The summed E-state index contributed by atoms with van der Waals surface area (Å²) in [5.74, 6) is -1.26. The lowest BCUT2D eigenvalue weighted by Gasteiger charge is -2.27. The van der Waals surface area contributed by atoms with E-state index in [4.69, 9.17) is 5.11 Å². The molecule has 20 heavy (non-hydrogen) atoms.